The van der Waals surface area contributed by atoms with Crippen molar-refractivity contribution in [2.24, 2.45) is 19.8 Å². The summed E-state index contributed by atoms with van der Waals surface area (Å²) in [7, 11) is 3.04. The zero-order chi connectivity index (χ0) is 14.7. The predicted molar refractivity (Wildman–Crippen MR) is 77.0 cm³/mol. The Balaban J connectivity index is 2.24. The van der Waals surface area contributed by atoms with Crippen LogP contribution >= 0.6 is 0 Å². The molecular weight excluding hydrogens is 260 g/mol. The van der Waals surface area contributed by atoms with Gasteiger partial charge in [0, 0.05) is 46.8 Å². The molecule has 0 atom stereocenters. The number of anilines is 1. The Morgan fingerprint density at radius 3 is 2.60 bits per heavy atom. The third-order valence-corrected chi connectivity index (χ3v) is 3.64. The molecule has 8 nitrogen and oxygen atoms in total. The first-order valence-electron chi connectivity index (χ1n) is 6.86. The van der Waals surface area contributed by atoms with Gasteiger partial charge in [0.1, 0.15) is 0 Å². The topological polar surface area (TPSA) is 89.4 Å². The molecule has 0 radical (unpaired) electrons. The molecule has 0 saturated carbocycles. The first kappa shape index (κ1) is 14.7. The molecule has 0 bridgehead atoms. The van der Waals surface area contributed by atoms with Crippen LogP contribution in [0.1, 0.15) is 6.42 Å². The molecule has 2 heterocycles. The van der Waals surface area contributed by atoms with Crippen molar-refractivity contribution >= 4 is 5.82 Å². The quantitative estimate of drug-likeness (QED) is 0.686. The van der Waals surface area contributed by atoms with Crippen molar-refractivity contribution in [1.82, 2.24) is 19.2 Å². The van der Waals surface area contributed by atoms with Crippen molar-refractivity contribution in [2.45, 2.75) is 6.42 Å². The van der Waals surface area contributed by atoms with Gasteiger partial charge in [0.2, 0.25) is 5.82 Å². The third kappa shape index (κ3) is 2.91. The first-order valence-corrected chi connectivity index (χ1v) is 6.86. The largest absolute Gasteiger partial charge is 0.349 e. The van der Waals surface area contributed by atoms with Crippen LogP contribution < -0.4 is 21.9 Å². The smallest absolute Gasteiger partial charge is 0.346 e. The Kier molecular flexibility index (Phi) is 4.56. The molecule has 1 aromatic heterocycles. The monoisotopic (exact) mass is 282 g/mol. The van der Waals surface area contributed by atoms with E-state index in [-0.39, 0.29) is 5.56 Å². The number of aromatic nitrogens is 3. The highest BCUT2D eigenvalue weighted by molar-refractivity contribution is 5.34. The van der Waals surface area contributed by atoms with Crippen molar-refractivity contribution in [3.05, 3.63) is 20.8 Å². The summed E-state index contributed by atoms with van der Waals surface area (Å²) in [5, 5.41) is 4.12. The van der Waals surface area contributed by atoms with Crippen LogP contribution in [0.15, 0.2) is 9.59 Å². The minimum atomic E-state index is -0.404. The second kappa shape index (κ2) is 6.19. The van der Waals surface area contributed by atoms with Crippen molar-refractivity contribution in [3.63, 3.8) is 0 Å². The van der Waals surface area contributed by atoms with Gasteiger partial charge in [0.25, 0.3) is 5.56 Å². The van der Waals surface area contributed by atoms with Crippen molar-refractivity contribution < 1.29 is 0 Å². The van der Waals surface area contributed by atoms with Crippen LogP contribution in [0, 0.1) is 0 Å². The van der Waals surface area contributed by atoms with Gasteiger partial charge in [0.05, 0.1) is 0 Å². The van der Waals surface area contributed by atoms with Crippen LogP contribution in [0.5, 0.6) is 0 Å². The average molecular weight is 282 g/mol. The molecule has 112 valence electrons. The first-order chi connectivity index (χ1) is 9.54. The van der Waals surface area contributed by atoms with E-state index in [4.69, 9.17) is 5.73 Å². The summed E-state index contributed by atoms with van der Waals surface area (Å²) >= 11 is 0. The number of hydrogen-bond donors (Lipinski definition) is 1. The van der Waals surface area contributed by atoms with Crippen molar-refractivity contribution in [2.75, 3.05) is 44.2 Å². The van der Waals surface area contributed by atoms with Gasteiger partial charge < -0.3 is 15.5 Å². The molecule has 0 unspecified atom stereocenters. The van der Waals surface area contributed by atoms with Gasteiger partial charge in [-0.25, -0.2) is 9.48 Å². The maximum Gasteiger partial charge on any atom is 0.346 e. The highest BCUT2D eigenvalue weighted by Crippen LogP contribution is 2.08. The van der Waals surface area contributed by atoms with Crippen LogP contribution in [0.25, 0.3) is 0 Å². The van der Waals surface area contributed by atoms with Gasteiger partial charge in [-0.2, -0.15) is 0 Å². The summed E-state index contributed by atoms with van der Waals surface area (Å²) in [6, 6.07) is 0. The highest BCUT2D eigenvalue weighted by Gasteiger charge is 2.19. The summed E-state index contributed by atoms with van der Waals surface area (Å²) in [5.74, 6) is 0.351. The standard InChI is InChI=1S/C12H22N6O2/c1-15-11(19)10(14-16(2)12(15)20)18-6-3-5-17(7-4-13)8-9-18/h3-9,13H2,1-2H3. The van der Waals surface area contributed by atoms with E-state index in [1.165, 1.54) is 11.7 Å². The Morgan fingerprint density at radius 2 is 1.90 bits per heavy atom. The molecule has 1 fully saturated rings. The number of hydrogen-bond acceptors (Lipinski definition) is 6. The molecule has 8 heteroatoms. The Morgan fingerprint density at radius 1 is 1.15 bits per heavy atom. The summed E-state index contributed by atoms with van der Waals surface area (Å²) in [5.41, 5.74) is 4.84. The SMILES string of the molecule is Cn1nc(N2CCCN(CCN)CC2)c(=O)n(C)c1=O. The van der Waals surface area contributed by atoms with Gasteiger partial charge >= 0.3 is 5.69 Å². The fourth-order valence-corrected chi connectivity index (χ4v) is 2.47. The zero-order valence-electron chi connectivity index (χ0n) is 12.1. The lowest BCUT2D eigenvalue weighted by atomic mass is 10.4. The fraction of sp³-hybridized carbons (Fsp3) is 0.750. The average Bonchev–Trinajstić information content (AvgIpc) is 2.67. The molecule has 0 aliphatic carbocycles. The van der Waals surface area contributed by atoms with E-state index in [0.29, 0.717) is 12.4 Å². The molecule has 1 aromatic rings. The normalized spacial score (nSPS) is 17.2. The zero-order valence-corrected chi connectivity index (χ0v) is 12.1. The van der Waals surface area contributed by atoms with E-state index in [9.17, 15) is 9.59 Å². The van der Waals surface area contributed by atoms with Crippen molar-refractivity contribution in [1.29, 1.82) is 0 Å². The summed E-state index contributed by atoms with van der Waals surface area (Å²) in [6.45, 7) is 4.82. The number of nitrogens with zero attached hydrogens (tertiary/aromatic N) is 5. The fourth-order valence-electron chi connectivity index (χ4n) is 2.47. The molecule has 1 saturated heterocycles. The van der Waals surface area contributed by atoms with E-state index >= 15 is 0 Å². The number of aryl methyl sites for hydroxylation is 1. The van der Waals surface area contributed by atoms with E-state index in [0.717, 1.165) is 43.7 Å². The van der Waals surface area contributed by atoms with E-state index in [1.54, 1.807) is 7.05 Å². The molecular formula is C12H22N6O2. The molecule has 1 aliphatic rings. The van der Waals surface area contributed by atoms with Gasteiger partial charge in [-0.05, 0) is 13.0 Å². The second-order valence-electron chi connectivity index (χ2n) is 5.06. The highest BCUT2D eigenvalue weighted by atomic mass is 16.2. The lowest BCUT2D eigenvalue weighted by molar-refractivity contribution is 0.302. The van der Waals surface area contributed by atoms with Crippen LogP contribution in [-0.2, 0) is 14.1 Å². The second-order valence-corrected chi connectivity index (χ2v) is 5.06. The maximum atomic E-state index is 12.2. The summed E-state index contributed by atoms with van der Waals surface area (Å²) in [6.07, 6.45) is 0.952. The number of nitrogens with two attached hydrogens (primary N) is 1. The van der Waals surface area contributed by atoms with E-state index in [1.807, 2.05) is 4.90 Å². The van der Waals surface area contributed by atoms with Gasteiger partial charge in [-0.15, -0.1) is 5.10 Å². The lowest BCUT2D eigenvalue weighted by Crippen LogP contribution is -2.44. The molecule has 0 aromatic carbocycles. The maximum absolute atomic E-state index is 12.2. The third-order valence-electron chi connectivity index (χ3n) is 3.64. The van der Waals surface area contributed by atoms with Crippen LogP contribution in [0.3, 0.4) is 0 Å². The van der Waals surface area contributed by atoms with Gasteiger partial charge in [0.15, 0.2) is 0 Å². The molecule has 0 spiro atoms. The van der Waals surface area contributed by atoms with Crippen LogP contribution in [0.4, 0.5) is 5.82 Å². The molecule has 20 heavy (non-hydrogen) atoms. The Hall–Kier alpha value is -1.67. The van der Waals surface area contributed by atoms with Crippen LogP contribution in [0.2, 0.25) is 0 Å². The molecule has 2 rings (SSSR count). The molecule has 2 N–H and O–H groups in total. The van der Waals surface area contributed by atoms with Crippen molar-refractivity contribution in [3.8, 4) is 0 Å². The lowest BCUT2D eigenvalue weighted by Gasteiger charge is -2.22. The van der Waals surface area contributed by atoms with E-state index in [2.05, 4.69) is 10.00 Å². The molecule has 0 amide bonds. The summed E-state index contributed by atoms with van der Waals surface area (Å²) in [4.78, 5) is 28.1. The minimum Gasteiger partial charge on any atom is -0.349 e. The van der Waals surface area contributed by atoms with E-state index < -0.39 is 5.69 Å². The predicted octanol–water partition coefficient (Wildman–Crippen LogP) is -2.05. The molecule has 1 aliphatic heterocycles. The Labute approximate surface area is 117 Å². The number of rotatable bonds is 3. The Bertz CT molecular complexity index is 578. The van der Waals surface area contributed by atoms with Crippen LogP contribution in [-0.4, -0.2) is 58.5 Å². The van der Waals surface area contributed by atoms with Gasteiger partial charge in [-0.3, -0.25) is 9.36 Å². The summed E-state index contributed by atoms with van der Waals surface area (Å²) < 4.78 is 2.31. The van der Waals surface area contributed by atoms with Gasteiger partial charge in [-0.1, -0.05) is 0 Å². The minimum absolute atomic E-state index is 0.333.